The van der Waals surface area contributed by atoms with E-state index in [1.165, 1.54) is 13.0 Å². The van der Waals surface area contributed by atoms with E-state index in [2.05, 4.69) is 10.3 Å². The summed E-state index contributed by atoms with van der Waals surface area (Å²) in [5, 5.41) is 0. The van der Waals surface area contributed by atoms with Gasteiger partial charge < -0.3 is 4.84 Å². The Morgan fingerprint density at radius 2 is 2.19 bits per heavy atom. The molecule has 0 spiro atoms. The number of aryl methyl sites for hydroxylation is 1. The molecule has 0 bridgehead atoms. The fraction of sp³-hybridized carbons (Fsp3) is 0.300. The first-order valence-corrected chi connectivity index (χ1v) is 6.43. The van der Waals surface area contributed by atoms with Crippen molar-refractivity contribution in [1.29, 1.82) is 0 Å². The van der Waals surface area contributed by atoms with Crippen molar-refractivity contribution in [3.63, 3.8) is 0 Å². The zero-order valence-electron chi connectivity index (χ0n) is 8.69. The first kappa shape index (κ1) is 10.9. The zero-order valence-corrected chi connectivity index (χ0v) is 9.50. The number of carbonyl (C=O) groups is 1. The van der Waals surface area contributed by atoms with Gasteiger partial charge in [0.2, 0.25) is 0 Å². The number of carbonyl (C=O) groups excluding carboxylic acids is 1. The number of hydrogen-bond acceptors (Lipinski definition) is 5. The lowest BCUT2D eigenvalue weighted by Crippen LogP contribution is -2.06. The fourth-order valence-corrected chi connectivity index (χ4v) is 3.17. The van der Waals surface area contributed by atoms with Gasteiger partial charge in [-0.2, -0.15) is 0 Å². The lowest BCUT2D eigenvalue weighted by atomic mass is 10.1. The molecule has 0 aromatic heterocycles. The molecule has 0 saturated carbocycles. The Labute approximate surface area is 93.3 Å². The second-order valence-electron chi connectivity index (χ2n) is 3.59. The molecule has 5 nitrogen and oxygen atoms in total. The molecular weight excluding hydrogens is 230 g/mol. The minimum absolute atomic E-state index is 0.152. The van der Waals surface area contributed by atoms with Crippen molar-refractivity contribution < 1.29 is 18.0 Å². The van der Waals surface area contributed by atoms with Crippen molar-refractivity contribution in [2.75, 3.05) is 11.2 Å². The first-order chi connectivity index (χ1) is 7.49. The summed E-state index contributed by atoms with van der Waals surface area (Å²) in [6.07, 6.45) is 0.507. The van der Waals surface area contributed by atoms with Crippen molar-refractivity contribution in [1.82, 2.24) is 0 Å². The number of rotatable bonds is 2. The summed E-state index contributed by atoms with van der Waals surface area (Å²) >= 11 is 0. The van der Waals surface area contributed by atoms with Crippen LogP contribution in [0.3, 0.4) is 0 Å². The molecule has 0 radical (unpaired) electrons. The number of nitrogens with one attached hydrogen (secondary N) is 1. The number of fused-ring (bicyclic) bond motifs is 1. The van der Waals surface area contributed by atoms with Crippen LogP contribution in [0.25, 0.3) is 0 Å². The highest BCUT2D eigenvalue weighted by Gasteiger charge is 2.25. The molecule has 0 saturated heterocycles. The van der Waals surface area contributed by atoms with Crippen LogP contribution in [0.1, 0.15) is 12.5 Å². The van der Waals surface area contributed by atoms with E-state index >= 15 is 0 Å². The largest absolute Gasteiger partial charge is 0.344 e. The molecule has 0 aliphatic carbocycles. The van der Waals surface area contributed by atoms with E-state index < -0.39 is 15.8 Å². The van der Waals surface area contributed by atoms with E-state index in [4.69, 9.17) is 0 Å². The molecule has 6 heteroatoms. The number of hydrogen-bond donors (Lipinski definition) is 1. The number of anilines is 1. The van der Waals surface area contributed by atoms with Crippen molar-refractivity contribution in [2.24, 2.45) is 0 Å². The van der Waals surface area contributed by atoms with E-state index in [1.54, 1.807) is 12.1 Å². The van der Waals surface area contributed by atoms with Gasteiger partial charge >= 0.3 is 5.97 Å². The van der Waals surface area contributed by atoms with Gasteiger partial charge in [-0.3, -0.25) is 4.79 Å². The molecule has 1 aliphatic rings. The van der Waals surface area contributed by atoms with Crippen LogP contribution in [0.5, 0.6) is 0 Å². The van der Waals surface area contributed by atoms with Crippen LogP contribution in [0.15, 0.2) is 23.1 Å². The Bertz CT molecular complexity index is 536. The molecule has 16 heavy (non-hydrogen) atoms. The molecule has 1 aromatic carbocycles. The Kier molecular flexibility index (Phi) is 2.59. The van der Waals surface area contributed by atoms with Gasteiger partial charge in [0.05, 0.1) is 16.3 Å². The van der Waals surface area contributed by atoms with Gasteiger partial charge in [-0.15, -0.1) is 0 Å². The van der Waals surface area contributed by atoms with E-state index in [0.717, 1.165) is 5.56 Å². The SMILES string of the molecule is CC(=O)ONc1ccc2c(c1)CCS2(=O)=O. The van der Waals surface area contributed by atoms with Crippen LogP contribution in [-0.2, 0) is 25.9 Å². The van der Waals surface area contributed by atoms with Crippen molar-refractivity contribution >= 4 is 21.5 Å². The summed E-state index contributed by atoms with van der Waals surface area (Å²) in [7, 11) is -3.09. The van der Waals surface area contributed by atoms with Crippen LogP contribution < -0.4 is 5.48 Å². The van der Waals surface area contributed by atoms with Crippen molar-refractivity contribution in [2.45, 2.75) is 18.2 Å². The van der Waals surface area contributed by atoms with Crippen LogP contribution in [0.2, 0.25) is 0 Å². The van der Waals surface area contributed by atoms with E-state index in [-0.39, 0.29) is 5.75 Å². The molecule has 0 unspecified atom stereocenters. The third-order valence-corrected chi connectivity index (χ3v) is 4.16. The smallest absolute Gasteiger partial charge is 0.329 e. The maximum atomic E-state index is 11.5. The van der Waals surface area contributed by atoms with Crippen LogP contribution in [-0.4, -0.2) is 20.1 Å². The average molecular weight is 241 g/mol. The minimum atomic E-state index is -3.09. The van der Waals surface area contributed by atoms with Gasteiger partial charge in [-0.1, -0.05) is 0 Å². The maximum Gasteiger partial charge on any atom is 0.329 e. The number of benzene rings is 1. The van der Waals surface area contributed by atoms with Gasteiger partial charge in [-0.25, -0.2) is 13.9 Å². The lowest BCUT2D eigenvalue weighted by Gasteiger charge is -2.06. The molecule has 1 N–H and O–H groups in total. The molecule has 1 aliphatic heterocycles. The Hall–Kier alpha value is -1.56. The molecule has 1 heterocycles. The van der Waals surface area contributed by atoms with Gasteiger partial charge in [0.1, 0.15) is 0 Å². The highest BCUT2D eigenvalue weighted by molar-refractivity contribution is 7.91. The summed E-state index contributed by atoms with van der Waals surface area (Å²) in [6.45, 7) is 1.28. The Morgan fingerprint density at radius 1 is 1.44 bits per heavy atom. The van der Waals surface area contributed by atoms with Gasteiger partial charge in [0, 0.05) is 6.92 Å². The van der Waals surface area contributed by atoms with E-state index in [1.807, 2.05) is 0 Å². The summed E-state index contributed by atoms with van der Waals surface area (Å²) in [4.78, 5) is 15.6. The minimum Gasteiger partial charge on any atom is -0.344 e. The summed E-state index contributed by atoms with van der Waals surface area (Å²) < 4.78 is 23.0. The van der Waals surface area contributed by atoms with Crippen molar-refractivity contribution in [3.05, 3.63) is 23.8 Å². The van der Waals surface area contributed by atoms with Gasteiger partial charge in [-0.05, 0) is 30.2 Å². The normalized spacial score (nSPS) is 16.6. The van der Waals surface area contributed by atoms with Gasteiger partial charge in [0.15, 0.2) is 9.84 Å². The van der Waals surface area contributed by atoms with Gasteiger partial charge in [0.25, 0.3) is 0 Å². The topological polar surface area (TPSA) is 72.5 Å². The van der Waals surface area contributed by atoms with E-state index in [0.29, 0.717) is 17.0 Å². The first-order valence-electron chi connectivity index (χ1n) is 4.78. The molecule has 2 rings (SSSR count). The fourth-order valence-electron chi connectivity index (χ4n) is 1.63. The molecular formula is C10H11NO4S. The molecule has 0 atom stereocenters. The third kappa shape index (κ3) is 2.01. The second-order valence-corrected chi connectivity index (χ2v) is 5.66. The molecule has 0 amide bonds. The third-order valence-electron chi connectivity index (χ3n) is 2.35. The summed E-state index contributed by atoms with van der Waals surface area (Å²) in [5.74, 6) is -0.299. The monoisotopic (exact) mass is 241 g/mol. The predicted molar refractivity (Wildman–Crippen MR) is 57.6 cm³/mol. The summed E-state index contributed by atoms with van der Waals surface area (Å²) in [5.41, 5.74) is 3.79. The maximum absolute atomic E-state index is 11.5. The number of sulfone groups is 1. The Balaban J connectivity index is 2.25. The van der Waals surface area contributed by atoms with Crippen molar-refractivity contribution in [3.8, 4) is 0 Å². The standard InChI is InChI=1S/C10H11NO4S/c1-7(12)15-11-9-2-3-10-8(6-9)4-5-16(10,13)14/h2-3,6,11H,4-5H2,1H3. The lowest BCUT2D eigenvalue weighted by molar-refractivity contribution is -0.138. The highest BCUT2D eigenvalue weighted by Crippen LogP contribution is 2.28. The van der Waals surface area contributed by atoms with Crippen LogP contribution >= 0.6 is 0 Å². The van der Waals surface area contributed by atoms with Crippen LogP contribution in [0.4, 0.5) is 5.69 Å². The predicted octanol–water partition coefficient (Wildman–Crippen LogP) is 0.906. The molecule has 0 fully saturated rings. The Morgan fingerprint density at radius 3 is 2.88 bits per heavy atom. The summed E-state index contributed by atoms with van der Waals surface area (Å²) in [6, 6.07) is 4.79. The van der Waals surface area contributed by atoms with E-state index in [9.17, 15) is 13.2 Å². The average Bonchev–Trinajstić information content (AvgIpc) is 2.52. The zero-order chi connectivity index (χ0) is 11.8. The second kappa shape index (κ2) is 3.79. The van der Waals surface area contributed by atoms with Crippen LogP contribution in [0, 0.1) is 0 Å². The highest BCUT2D eigenvalue weighted by atomic mass is 32.2. The molecule has 86 valence electrons. The molecule has 1 aromatic rings. The quantitative estimate of drug-likeness (QED) is 0.779.